The van der Waals surface area contributed by atoms with Gasteiger partial charge in [-0.25, -0.2) is 0 Å². The van der Waals surface area contributed by atoms with Crippen LogP contribution in [-0.2, 0) is 4.79 Å². The maximum atomic E-state index is 10.3. The predicted octanol–water partition coefficient (Wildman–Crippen LogP) is 3.93. The molecule has 0 aromatic rings. The Morgan fingerprint density at radius 2 is 1.42 bits per heavy atom. The fourth-order valence-electron chi connectivity index (χ4n) is 1.74. The van der Waals surface area contributed by atoms with Crippen molar-refractivity contribution in [2.45, 2.75) is 57.7 Å². The minimum atomic E-state index is -0.831. The average molecular weight is 334 g/mol. The van der Waals surface area contributed by atoms with Crippen LogP contribution in [0.4, 0.5) is 0 Å². The van der Waals surface area contributed by atoms with E-state index in [-0.39, 0.29) is 12.5 Å². The Bertz CT molecular complexity index is 458. The molecule has 0 aromatic heterocycles. The van der Waals surface area contributed by atoms with Crippen LogP contribution in [0.25, 0.3) is 0 Å². The van der Waals surface area contributed by atoms with Crippen molar-refractivity contribution in [1.29, 1.82) is 0 Å². The molecule has 0 aliphatic rings. The van der Waals surface area contributed by atoms with Crippen LogP contribution < -0.4 is 0 Å². The van der Waals surface area contributed by atoms with Gasteiger partial charge in [-0.15, -0.1) is 0 Å². The Kier molecular flexibility index (Phi) is 14.7. The first kappa shape index (κ1) is 22.1. The first-order valence-corrected chi connectivity index (χ1v) is 8.45. The lowest BCUT2D eigenvalue weighted by Gasteiger charge is -2.02. The number of carbonyl (C=O) groups is 1. The van der Waals surface area contributed by atoms with Crippen molar-refractivity contribution >= 4 is 5.97 Å². The second kappa shape index (κ2) is 16.0. The average Bonchev–Trinajstić information content (AvgIpc) is 2.55. The third-order valence-electron chi connectivity index (χ3n) is 3.18. The molecule has 0 aromatic carbocycles. The summed E-state index contributed by atoms with van der Waals surface area (Å²) in [4.78, 5) is 10.3. The highest BCUT2D eigenvalue weighted by atomic mass is 16.4. The van der Waals surface area contributed by atoms with E-state index in [2.05, 4.69) is 12.2 Å². The van der Waals surface area contributed by atoms with Crippen LogP contribution in [0.2, 0.25) is 0 Å². The molecule has 4 heteroatoms. The van der Waals surface area contributed by atoms with Gasteiger partial charge in [0.25, 0.3) is 0 Å². The van der Waals surface area contributed by atoms with Crippen LogP contribution in [0.1, 0.15) is 45.4 Å². The van der Waals surface area contributed by atoms with Crippen molar-refractivity contribution in [3.05, 3.63) is 60.8 Å². The molecule has 24 heavy (non-hydrogen) atoms. The van der Waals surface area contributed by atoms with E-state index in [9.17, 15) is 15.0 Å². The third kappa shape index (κ3) is 16.5. The monoisotopic (exact) mass is 334 g/mol. The number of aliphatic hydroxyl groups is 2. The van der Waals surface area contributed by atoms with Gasteiger partial charge < -0.3 is 15.3 Å². The van der Waals surface area contributed by atoms with Gasteiger partial charge >= 0.3 is 5.97 Å². The molecule has 0 unspecified atom stereocenters. The quantitative estimate of drug-likeness (QED) is 0.352. The van der Waals surface area contributed by atoms with Gasteiger partial charge in [-0.3, -0.25) is 4.79 Å². The molecule has 134 valence electrons. The van der Waals surface area contributed by atoms with Crippen LogP contribution in [-0.4, -0.2) is 33.5 Å². The molecule has 2 atom stereocenters. The molecule has 0 rings (SSSR count). The minimum absolute atomic E-state index is 0.0922. The fourth-order valence-corrected chi connectivity index (χ4v) is 1.74. The zero-order valence-electron chi connectivity index (χ0n) is 14.4. The fraction of sp³-hybridized carbons (Fsp3) is 0.450. The van der Waals surface area contributed by atoms with Crippen LogP contribution in [0.15, 0.2) is 60.8 Å². The first-order valence-electron chi connectivity index (χ1n) is 8.45. The number of carboxylic acids is 1. The number of hydrogen-bond acceptors (Lipinski definition) is 3. The van der Waals surface area contributed by atoms with E-state index in [0.29, 0.717) is 12.8 Å². The lowest BCUT2D eigenvalue weighted by molar-refractivity contribution is -0.137. The van der Waals surface area contributed by atoms with Gasteiger partial charge in [0, 0.05) is 6.42 Å². The Morgan fingerprint density at radius 1 is 0.875 bits per heavy atom. The topological polar surface area (TPSA) is 77.8 Å². The maximum Gasteiger partial charge on any atom is 0.303 e. The summed E-state index contributed by atoms with van der Waals surface area (Å²) in [5.74, 6) is -0.831. The molecule has 0 aliphatic carbocycles. The van der Waals surface area contributed by atoms with Crippen LogP contribution in [0.5, 0.6) is 0 Å². The highest BCUT2D eigenvalue weighted by Gasteiger charge is 2.01. The number of aliphatic hydroxyl groups excluding tert-OH is 2. The number of hydrogen-bond donors (Lipinski definition) is 3. The second-order valence-corrected chi connectivity index (χ2v) is 5.40. The molecular formula is C20H30O4. The Balaban J connectivity index is 3.73. The first-order chi connectivity index (χ1) is 11.6. The summed E-state index contributed by atoms with van der Waals surface area (Å²) >= 11 is 0. The molecule has 0 spiro atoms. The van der Waals surface area contributed by atoms with E-state index >= 15 is 0 Å². The summed E-state index contributed by atoms with van der Waals surface area (Å²) in [6, 6.07) is 0. The lowest BCUT2D eigenvalue weighted by atomic mass is 10.1. The zero-order valence-corrected chi connectivity index (χ0v) is 14.4. The summed E-state index contributed by atoms with van der Waals surface area (Å²) in [5, 5.41) is 27.4. The largest absolute Gasteiger partial charge is 0.481 e. The molecule has 0 fully saturated rings. The van der Waals surface area contributed by atoms with E-state index in [0.717, 1.165) is 19.3 Å². The normalized spacial score (nSPS) is 15.5. The van der Waals surface area contributed by atoms with Gasteiger partial charge in [-0.05, 0) is 32.1 Å². The number of aliphatic carboxylic acids is 1. The van der Waals surface area contributed by atoms with E-state index in [1.54, 1.807) is 18.2 Å². The standard InChI is InChI=1S/C20H30O4/c1-2-18(21)14-11-9-7-5-3-4-6-8-10-12-15-19(22)16-13-17-20(23)24/h3-4,7-12,14-15,18-19,21-22H,2,5-6,13,16-17H2,1H3,(H,23,24)/t18-,19-/m1/s1. The van der Waals surface area contributed by atoms with Crippen LogP contribution in [0, 0.1) is 0 Å². The van der Waals surface area contributed by atoms with Crippen molar-refractivity contribution in [1.82, 2.24) is 0 Å². The highest BCUT2D eigenvalue weighted by molar-refractivity contribution is 5.66. The van der Waals surface area contributed by atoms with Gasteiger partial charge in [-0.2, -0.15) is 0 Å². The van der Waals surface area contributed by atoms with E-state index in [1.807, 2.05) is 37.3 Å². The van der Waals surface area contributed by atoms with Gasteiger partial charge in [0.05, 0.1) is 12.2 Å². The van der Waals surface area contributed by atoms with Crippen molar-refractivity contribution in [2.75, 3.05) is 0 Å². The van der Waals surface area contributed by atoms with Crippen LogP contribution in [0.3, 0.4) is 0 Å². The summed E-state index contributed by atoms with van der Waals surface area (Å²) < 4.78 is 0. The van der Waals surface area contributed by atoms with Crippen molar-refractivity contribution in [3.8, 4) is 0 Å². The molecule has 0 aliphatic heterocycles. The van der Waals surface area contributed by atoms with E-state index in [1.165, 1.54) is 0 Å². The molecule has 0 heterocycles. The molecule has 4 nitrogen and oxygen atoms in total. The smallest absolute Gasteiger partial charge is 0.303 e. The van der Waals surface area contributed by atoms with E-state index in [4.69, 9.17) is 5.11 Å². The Labute approximate surface area is 145 Å². The summed E-state index contributed by atoms with van der Waals surface area (Å²) in [5.41, 5.74) is 0. The van der Waals surface area contributed by atoms with Gasteiger partial charge in [0.15, 0.2) is 0 Å². The summed E-state index contributed by atoms with van der Waals surface area (Å²) in [6.07, 6.45) is 21.5. The molecule has 0 saturated carbocycles. The van der Waals surface area contributed by atoms with Crippen molar-refractivity contribution < 1.29 is 20.1 Å². The maximum absolute atomic E-state index is 10.3. The van der Waals surface area contributed by atoms with Gasteiger partial charge in [0.2, 0.25) is 0 Å². The number of carboxylic acid groups (broad SMARTS) is 1. The summed E-state index contributed by atoms with van der Waals surface area (Å²) in [7, 11) is 0. The molecular weight excluding hydrogens is 304 g/mol. The van der Waals surface area contributed by atoms with Gasteiger partial charge in [0.1, 0.15) is 0 Å². The van der Waals surface area contributed by atoms with Gasteiger partial charge in [-0.1, -0.05) is 67.7 Å². The predicted molar refractivity (Wildman–Crippen MR) is 98.7 cm³/mol. The molecule has 0 bridgehead atoms. The zero-order chi connectivity index (χ0) is 18.0. The molecule has 0 saturated heterocycles. The third-order valence-corrected chi connectivity index (χ3v) is 3.18. The second-order valence-electron chi connectivity index (χ2n) is 5.40. The molecule has 0 amide bonds. The Hall–Kier alpha value is -1.91. The van der Waals surface area contributed by atoms with Crippen molar-refractivity contribution in [2.24, 2.45) is 0 Å². The van der Waals surface area contributed by atoms with E-state index < -0.39 is 12.1 Å². The SMILES string of the molecule is CC[C@@H](O)C=CC=CCC=CCC=CC=C[C@@H](O)CCCC(=O)O. The van der Waals surface area contributed by atoms with Crippen LogP contribution >= 0.6 is 0 Å². The molecule has 0 radical (unpaired) electrons. The summed E-state index contributed by atoms with van der Waals surface area (Å²) in [6.45, 7) is 1.93. The minimum Gasteiger partial charge on any atom is -0.481 e. The number of rotatable bonds is 13. The number of allylic oxidation sites excluding steroid dienone is 8. The van der Waals surface area contributed by atoms with Crippen molar-refractivity contribution in [3.63, 3.8) is 0 Å². The Morgan fingerprint density at radius 3 is 1.92 bits per heavy atom. The lowest BCUT2D eigenvalue weighted by Crippen LogP contribution is -2.03. The molecule has 3 N–H and O–H groups in total. The highest BCUT2D eigenvalue weighted by Crippen LogP contribution is 2.02.